The molecule has 0 saturated carbocycles. The van der Waals surface area contributed by atoms with E-state index < -0.39 is 0 Å². The van der Waals surface area contributed by atoms with Crippen LogP contribution in [0.2, 0.25) is 0 Å². The molecule has 0 aliphatic rings. The topological polar surface area (TPSA) is 52.3 Å². The molecule has 0 spiro atoms. The molecule has 0 aromatic rings. The number of carbonyl (C=O) groups excluding carboxylic acids is 1. The van der Waals surface area contributed by atoms with Gasteiger partial charge in [-0.15, -0.1) is 0 Å². The second-order valence-electron chi connectivity index (χ2n) is 2.75. The Morgan fingerprint density at radius 2 is 2.18 bits per heavy atom. The maximum Gasteiger partial charge on any atom is 0.310 e. The van der Waals surface area contributed by atoms with E-state index in [1.165, 1.54) is 7.11 Å². The van der Waals surface area contributed by atoms with Crippen molar-refractivity contribution >= 4 is 5.97 Å². The summed E-state index contributed by atoms with van der Waals surface area (Å²) in [7, 11) is 1.40. The first-order chi connectivity index (χ1) is 5.17. The number of carbonyl (C=O) groups is 1. The Morgan fingerprint density at radius 1 is 1.64 bits per heavy atom. The lowest BCUT2D eigenvalue weighted by Crippen LogP contribution is -2.30. The fourth-order valence-electron chi connectivity index (χ4n) is 0.997. The summed E-state index contributed by atoms with van der Waals surface area (Å²) in [6.45, 7) is 4.42. The van der Waals surface area contributed by atoms with E-state index in [4.69, 9.17) is 5.73 Å². The fourth-order valence-corrected chi connectivity index (χ4v) is 0.997. The fraction of sp³-hybridized carbons (Fsp3) is 0.875. The maximum atomic E-state index is 11.0. The third-order valence-electron chi connectivity index (χ3n) is 2.09. The lowest BCUT2D eigenvalue weighted by molar-refractivity contribution is -0.146. The molecule has 0 aliphatic carbocycles. The maximum absolute atomic E-state index is 11.0. The van der Waals surface area contributed by atoms with Crippen LogP contribution in [0.3, 0.4) is 0 Å². The minimum absolute atomic E-state index is 0.134. The van der Waals surface area contributed by atoms with Crippen molar-refractivity contribution in [1.29, 1.82) is 0 Å². The molecule has 11 heavy (non-hydrogen) atoms. The van der Waals surface area contributed by atoms with E-state index in [0.717, 1.165) is 6.42 Å². The van der Waals surface area contributed by atoms with Gasteiger partial charge in [-0.25, -0.2) is 0 Å². The van der Waals surface area contributed by atoms with Crippen molar-refractivity contribution in [3.63, 3.8) is 0 Å². The average Bonchev–Trinajstić information content (AvgIpc) is 2.05. The van der Waals surface area contributed by atoms with Gasteiger partial charge in [0.1, 0.15) is 0 Å². The minimum Gasteiger partial charge on any atom is -0.469 e. The molecule has 3 nitrogen and oxygen atoms in total. The van der Waals surface area contributed by atoms with E-state index in [9.17, 15) is 4.79 Å². The standard InChI is InChI=1S/C8H17NO2/c1-4-6(2)7(5-9)8(10)11-3/h6-7H,4-5,9H2,1-3H3. The molecule has 0 aromatic heterocycles. The highest BCUT2D eigenvalue weighted by molar-refractivity contribution is 5.72. The van der Waals surface area contributed by atoms with E-state index in [0.29, 0.717) is 12.5 Å². The minimum atomic E-state index is -0.193. The first-order valence-corrected chi connectivity index (χ1v) is 3.95. The summed E-state index contributed by atoms with van der Waals surface area (Å²) in [4.78, 5) is 11.0. The third kappa shape index (κ3) is 2.89. The zero-order valence-electron chi connectivity index (χ0n) is 7.46. The van der Waals surface area contributed by atoms with Crippen molar-refractivity contribution in [3.05, 3.63) is 0 Å². The van der Waals surface area contributed by atoms with Crippen molar-refractivity contribution in [1.82, 2.24) is 0 Å². The molecule has 0 bridgehead atoms. The van der Waals surface area contributed by atoms with Crippen LogP contribution in [0.1, 0.15) is 20.3 Å². The number of rotatable bonds is 4. The average molecular weight is 159 g/mol. The predicted octanol–water partition coefficient (Wildman–Crippen LogP) is 0.780. The molecule has 0 saturated heterocycles. The van der Waals surface area contributed by atoms with Gasteiger partial charge in [0, 0.05) is 6.54 Å². The Morgan fingerprint density at radius 3 is 2.45 bits per heavy atom. The van der Waals surface area contributed by atoms with E-state index in [1.807, 2.05) is 13.8 Å². The molecule has 0 heterocycles. The molecule has 0 amide bonds. The van der Waals surface area contributed by atoms with Gasteiger partial charge in [-0.05, 0) is 5.92 Å². The molecule has 3 heteroatoms. The van der Waals surface area contributed by atoms with Crippen LogP contribution in [-0.4, -0.2) is 19.6 Å². The first kappa shape index (κ1) is 10.4. The zero-order valence-corrected chi connectivity index (χ0v) is 7.46. The van der Waals surface area contributed by atoms with Crippen LogP contribution >= 0.6 is 0 Å². The number of hydrogen-bond donors (Lipinski definition) is 1. The summed E-state index contributed by atoms with van der Waals surface area (Å²) in [5.41, 5.74) is 5.42. The lowest BCUT2D eigenvalue weighted by Gasteiger charge is -2.17. The summed E-state index contributed by atoms with van der Waals surface area (Å²) in [6, 6.07) is 0. The molecule has 0 rings (SSSR count). The Kier molecular flexibility index (Phi) is 4.86. The summed E-state index contributed by atoms with van der Waals surface area (Å²) in [6.07, 6.45) is 0.955. The smallest absolute Gasteiger partial charge is 0.310 e. The largest absolute Gasteiger partial charge is 0.469 e. The van der Waals surface area contributed by atoms with Gasteiger partial charge in [0.2, 0.25) is 0 Å². The van der Waals surface area contributed by atoms with Crippen molar-refractivity contribution in [2.45, 2.75) is 20.3 Å². The van der Waals surface area contributed by atoms with Crippen molar-refractivity contribution in [2.24, 2.45) is 17.6 Å². The Bertz CT molecular complexity index is 125. The second kappa shape index (κ2) is 5.13. The van der Waals surface area contributed by atoms with Crippen LogP contribution in [0.15, 0.2) is 0 Å². The van der Waals surface area contributed by atoms with Gasteiger partial charge in [0.15, 0.2) is 0 Å². The molecular formula is C8H17NO2. The van der Waals surface area contributed by atoms with Crippen LogP contribution < -0.4 is 5.73 Å². The van der Waals surface area contributed by atoms with Crippen LogP contribution in [0, 0.1) is 11.8 Å². The summed E-state index contributed by atoms with van der Waals surface area (Å²) >= 11 is 0. The monoisotopic (exact) mass is 159 g/mol. The number of methoxy groups -OCH3 is 1. The number of nitrogens with two attached hydrogens (primary N) is 1. The van der Waals surface area contributed by atoms with Gasteiger partial charge in [-0.2, -0.15) is 0 Å². The van der Waals surface area contributed by atoms with Gasteiger partial charge in [-0.1, -0.05) is 20.3 Å². The molecule has 2 atom stereocenters. The molecule has 0 aromatic carbocycles. The van der Waals surface area contributed by atoms with E-state index in [-0.39, 0.29) is 11.9 Å². The highest BCUT2D eigenvalue weighted by Gasteiger charge is 2.22. The normalized spacial score (nSPS) is 15.6. The van der Waals surface area contributed by atoms with Gasteiger partial charge < -0.3 is 10.5 Å². The molecular weight excluding hydrogens is 142 g/mol. The Balaban J connectivity index is 4.03. The second-order valence-corrected chi connectivity index (χ2v) is 2.75. The predicted molar refractivity (Wildman–Crippen MR) is 44.0 cm³/mol. The Labute approximate surface area is 67.9 Å². The van der Waals surface area contributed by atoms with Crippen LogP contribution in [0.5, 0.6) is 0 Å². The molecule has 66 valence electrons. The van der Waals surface area contributed by atoms with Crippen molar-refractivity contribution < 1.29 is 9.53 Å². The summed E-state index contributed by atoms with van der Waals surface area (Å²) < 4.78 is 4.61. The summed E-state index contributed by atoms with van der Waals surface area (Å²) in [5.74, 6) is -0.0145. The molecule has 0 radical (unpaired) electrons. The van der Waals surface area contributed by atoms with E-state index in [2.05, 4.69) is 4.74 Å². The zero-order chi connectivity index (χ0) is 8.85. The SMILES string of the molecule is CCC(C)C(CN)C(=O)OC. The lowest BCUT2D eigenvalue weighted by atomic mass is 9.92. The van der Waals surface area contributed by atoms with Crippen LogP contribution in [0.25, 0.3) is 0 Å². The molecule has 0 aliphatic heterocycles. The molecule has 2 N–H and O–H groups in total. The highest BCUT2D eigenvalue weighted by Crippen LogP contribution is 2.14. The van der Waals surface area contributed by atoms with Crippen molar-refractivity contribution in [3.8, 4) is 0 Å². The Hall–Kier alpha value is -0.570. The highest BCUT2D eigenvalue weighted by atomic mass is 16.5. The number of hydrogen-bond acceptors (Lipinski definition) is 3. The van der Waals surface area contributed by atoms with Gasteiger partial charge in [-0.3, -0.25) is 4.79 Å². The van der Waals surface area contributed by atoms with Crippen LogP contribution in [-0.2, 0) is 9.53 Å². The van der Waals surface area contributed by atoms with Crippen LogP contribution in [0.4, 0.5) is 0 Å². The third-order valence-corrected chi connectivity index (χ3v) is 2.09. The summed E-state index contributed by atoms with van der Waals surface area (Å²) in [5, 5.41) is 0. The molecule has 0 fully saturated rings. The van der Waals surface area contributed by atoms with E-state index >= 15 is 0 Å². The van der Waals surface area contributed by atoms with Crippen molar-refractivity contribution in [2.75, 3.05) is 13.7 Å². The molecule has 2 unspecified atom stereocenters. The number of esters is 1. The quantitative estimate of drug-likeness (QED) is 0.617. The number of ether oxygens (including phenoxy) is 1. The van der Waals surface area contributed by atoms with E-state index in [1.54, 1.807) is 0 Å². The van der Waals surface area contributed by atoms with Gasteiger partial charge >= 0.3 is 5.97 Å². The van der Waals surface area contributed by atoms with Gasteiger partial charge in [0.25, 0.3) is 0 Å². The van der Waals surface area contributed by atoms with Gasteiger partial charge in [0.05, 0.1) is 13.0 Å². The first-order valence-electron chi connectivity index (χ1n) is 3.95.